The van der Waals surface area contributed by atoms with Gasteiger partial charge in [-0.1, -0.05) is 182 Å². The van der Waals surface area contributed by atoms with Crippen LogP contribution in [0.25, 0.3) is 133 Å². The molecule has 0 bridgehead atoms. The van der Waals surface area contributed by atoms with Crippen LogP contribution >= 0.6 is 0 Å². The number of hydrogen-bond donors (Lipinski definition) is 0. The highest BCUT2D eigenvalue weighted by molar-refractivity contribution is 6.22. The van der Waals surface area contributed by atoms with Crippen LogP contribution in [0.5, 0.6) is 0 Å². The van der Waals surface area contributed by atoms with E-state index in [1.54, 1.807) is 0 Å². The molecule has 0 aliphatic rings. The molecule has 5 nitrogen and oxygen atoms in total. The number of rotatable bonds is 6. The first-order valence-electron chi connectivity index (χ1n) is 23.1. The molecule has 5 heteroatoms. The van der Waals surface area contributed by atoms with Gasteiger partial charge in [0.15, 0.2) is 17.5 Å². The van der Waals surface area contributed by atoms with Crippen LogP contribution in [0, 0.1) is 0 Å². The summed E-state index contributed by atoms with van der Waals surface area (Å²) >= 11 is 0. The van der Waals surface area contributed by atoms with Gasteiger partial charge in [-0.15, -0.1) is 0 Å². The molecule has 0 unspecified atom stereocenters. The van der Waals surface area contributed by atoms with Crippen molar-refractivity contribution in [1.29, 1.82) is 0 Å². The number of hydrogen-bond acceptors (Lipinski definition) is 3. The van der Waals surface area contributed by atoms with Gasteiger partial charge in [-0.25, -0.2) is 15.0 Å². The zero-order chi connectivity index (χ0) is 44.7. The van der Waals surface area contributed by atoms with Crippen molar-refractivity contribution in [2.24, 2.45) is 0 Å². The molecule has 316 valence electrons. The third-order valence-electron chi connectivity index (χ3n) is 13.7. The molecule has 0 amide bonds. The molecule has 0 atom stereocenters. The molecule has 0 N–H and O–H groups in total. The predicted molar refractivity (Wildman–Crippen MR) is 283 cm³/mol. The molecular formula is C63H39N5. The van der Waals surface area contributed by atoms with Gasteiger partial charge in [0.05, 0.1) is 27.8 Å². The molecule has 14 aromatic rings. The highest BCUT2D eigenvalue weighted by Crippen LogP contribution is 2.41. The van der Waals surface area contributed by atoms with Crippen molar-refractivity contribution >= 4 is 75.9 Å². The summed E-state index contributed by atoms with van der Waals surface area (Å²) in [6.45, 7) is 0. The number of aromatic nitrogens is 5. The predicted octanol–water partition coefficient (Wildman–Crippen LogP) is 16.2. The summed E-state index contributed by atoms with van der Waals surface area (Å²) in [5, 5.41) is 12.1. The molecule has 0 aliphatic carbocycles. The normalized spacial score (nSPS) is 11.8. The van der Waals surface area contributed by atoms with Crippen molar-refractivity contribution in [3.8, 4) is 56.7 Å². The van der Waals surface area contributed by atoms with Gasteiger partial charge in [0, 0.05) is 49.3 Å². The van der Waals surface area contributed by atoms with Gasteiger partial charge in [0.2, 0.25) is 0 Å². The Bertz CT molecular complexity index is 4320. The first-order chi connectivity index (χ1) is 33.7. The molecule has 0 spiro atoms. The van der Waals surface area contributed by atoms with E-state index in [2.05, 4.69) is 221 Å². The maximum Gasteiger partial charge on any atom is 0.164 e. The van der Waals surface area contributed by atoms with Crippen molar-refractivity contribution < 1.29 is 0 Å². The molecule has 3 aromatic heterocycles. The smallest absolute Gasteiger partial charge is 0.164 e. The quantitative estimate of drug-likeness (QED) is 0.167. The maximum absolute atomic E-state index is 5.19. The second-order valence-electron chi connectivity index (χ2n) is 17.6. The van der Waals surface area contributed by atoms with Crippen LogP contribution in [0.4, 0.5) is 0 Å². The summed E-state index contributed by atoms with van der Waals surface area (Å²) in [5.74, 6) is 1.89. The van der Waals surface area contributed by atoms with Crippen LogP contribution in [-0.2, 0) is 0 Å². The molecular weight excluding hydrogens is 827 g/mol. The van der Waals surface area contributed by atoms with E-state index in [1.165, 1.54) is 54.1 Å². The molecule has 3 heterocycles. The van der Waals surface area contributed by atoms with E-state index in [0.29, 0.717) is 17.5 Å². The van der Waals surface area contributed by atoms with Gasteiger partial charge >= 0.3 is 0 Å². The number of fused-ring (bicyclic) bond motifs is 10. The Labute approximate surface area is 391 Å². The Hall–Kier alpha value is -9.19. The first-order valence-corrected chi connectivity index (χ1v) is 23.1. The SMILES string of the molecule is c1ccc(-c2cccc(-c3nc(-c4ccccc4)nc(-c4ccc5c(-n6c7cc(-n8c9ccccc9c9c%10ccccc%10ccc98)ccc7c7cc8ccccc8cc76)cccc5c4)n3)c2)cc1. The molecule has 0 saturated heterocycles. The summed E-state index contributed by atoms with van der Waals surface area (Å²) in [6.07, 6.45) is 0. The van der Waals surface area contributed by atoms with Crippen molar-refractivity contribution in [2.75, 3.05) is 0 Å². The van der Waals surface area contributed by atoms with Gasteiger partial charge < -0.3 is 9.13 Å². The van der Waals surface area contributed by atoms with Gasteiger partial charge in [-0.05, 0) is 92.7 Å². The fourth-order valence-electron chi connectivity index (χ4n) is 10.5. The third kappa shape index (κ3) is 6.06. The van der Waals surface area contributed by atoms with E-state index >= 15 is 0 Å². The fourth-order valence-corrected chi connectivity index (χ4v) is 10.5. The standard InChI is InChI=1S/C63H39N5/c1-3-15-40(16-4-1)43-22-13-24-47(35-43)62-64-61(42-18-5-2-6-19-42)65-63(66-62)48-29-32-50-46(36-48)23-14-28-55(50)68-58-38-45-21-8-7-20-44(45)37-54(58)52-33-31-49(39-59(52)68)67-56-27-12-11-26-53(56)60-51-25-10-9-17-41(51)30-34-57(60)67/h1-39H. The minimum absolute atomic E-state index is 0.623. The maximum atomic E-state index is 5.19. The molecule has 0 saturated carbocycles. The van der Waals surface area contributed by atoms with Crippen LogP contribution < -0.4 is 0 Å². The largest absolute Gasteiger partial charge is 0.309 e. The van der Waals surface area contributed by atoms with Gasteiger partial charge in [0.1, 0.15) is 0 Å². The molecule has 68 heavy (non-hydrogen) atoms. The lowest BCUT2D eigenvalue weighted by molar-refractivity contribution is 1.07. The average Bonchev–Trinajstić information content (AvgIpc) is 3.92. The molecule has 0 radical (unpaired) electrons. The lowest BCUT2D eigenvalue weighted by Gasteiger charge is -2.14. The Morgan fingerprint density at radius 1 is 0.250 bits per heavy atom. The van der Waals surface area contributed by atoms with Gasteiger partial charge in [-0.3, -0.25) is 0 Å². The van der Waals surface area contributed by atoms with E-state index < -0.39 is 0 Å². The monoisotopic (exact) mass is 865 g/mol. The highest BCUT2D eigenvalue weighted by atomic mass is 15.0. The summed E-state index contributed by atoms with van der Waals surface area (Å²) in [6, 6.07) is 84.8. The molecule has 14 rings (SSSR count). The van der Waals surface area contributed by atoms with Crippen LogP contribution in [0.1, 0.15) is 0 Å². The fraction of sp³-hybridized carbons (Fsp3) is 0. The van der Waals surface area contributed by atoms with E-state index in [-0.39, 0.29) is 0 Å². The van der Waals surface area contributed by atoms with Crippen LogP contribution in [0.2, 0.25) is 0 Å². The Morgan fingerprint density at radius 2 is 0.838 bits per heavy atom. The van der Waals surface area contributed by atoms with Gasteiger partial charge in [-0.2, -0.15) is 0 Å². The van der Waals surface area contributed by atoms with Crippen molar-refractivity contribution in [1.82, 2.24) is 24.1 Å². The molecule has 11 aromatic carbocycles. The number of para-hydroxylation sites is 1. The van der Waals surface area contributed by atoms with Crippen molar-refractivity contribution in [3.05, 3.63) is 237 Å². The van der Waals surface area contributed by atoms with E-state index in [4.69, 9.17) is 15.0 Å². The minimum atomic E-state index is 0.623. The van der Waals surface area contributed by atoms with Gasteiger partial charge in [0.25, 0.3) is 0 Å². The zero-order valence-electron chi connectivity index (χ0n) is 36.8. The topological polar surface area (TPSA) is 48.5 Å². The second kappa shape index (κ2) is 15.2. The lowest BCUT2D eigenvalue weighted by Crippen LogP contribution is -2.01. The first kappa shape index (κ1) is 38.1. The molecule has 0 fully saturated rings. The summed E-state index contributed by atoms with van der Waals surface area (Å²) in [4.78, 5) is 15.4. The van der Waals surface area contributed by atoms with Crippen LogP contribution in [0.3, 0.4) is 0 Å². The zero-order valence-corrected chi connectivity index (χ0v) is 36.8. The average molecular weight is 866 g/mol. The van der Waals surface area contributed by atoms with E-state index in [1.807, 2.05) is 24.3 Å². The minimum Gasteiger partial charge on any atom is -0.309 e. The highest BCUT2D eigenvalue weighted by Gasteiger charge is 2.20. The Morgan fingerprint density at radius 3 is 1.65 bits per heavy atom. The summed E-state index contributed by atoms with van der Waals surface area (Å²) < 4.78 is 4.91. The number of nitrogens with zero attached hydrogens (tertiary/aromatic N) is 5. The third-order valence-corrected chi connectivity index (χ3v) is 13.7. The Balaban J connectivity index is 0.970. The lowest BCUT2D eigenvalue weighted by atomic mass is 10.0. The van der Waals surface area contributed by atoms with E-state index in [0.717, 1.165) is 61.0 Å². The van der Waals surface area contributed by atoms with Crippen molar-refractivity contribution in [3.63, 3.8) is 0 Å². The molecule has 0 aliphatic heterocycles. The van der Waals surface area contributed by atoms with Crippen LogP contribution in [-0.4, -0.2) is 24.1 Å². The van der Waals surface area contributed by atoms with Crippen molar-refractivity contribution in [2.45, 2.75) is 0 Å². The summed E-state index contributed by atoms with van der Waals surface area (Å²) in [7, 11) is 0. The second-order valence-corrected chi connectivity index (χ2v) is 17.6. The van der Waals surface area contributed by atoms with E-state index in [9.17, 15) is 0 Å². The Kier molecular flexibility index (Phi) is 8.52. The summed E-state index contributed by atoms with van der Waals surface area (Å²) in [5.41, 5.74) is 11.9. The van der Waals surface area contributed by atoms with Crippen LogP contribution in [0.15, 0.2) is 237 Å². The number of benzene rings is 11.